The van der Waals surface area contributed by atoms with Crippen LogP contribution in [-0.2, 0) is 9.47 Å². The minimum Gasteiger partial charge on any atom is -0.379 e. The summed E-state index contributed by atoms with van der Waals surface area (Å²) in [5.74, 6) is 0.518. The molecule has 1 aromatic rings. The number of ether oxygens (including phenoxy) is 2. The van der Waals surface area contributed by atoms with E-state index in [1.807, 2.05) is 0 Å². The van der Waals surface area contributed by atoms with Gasteiger partial charge < -0.3 is 19.7 Å². The highest BCUT2D eigenvalue weighted by Gasteiger charge is 2.19. The third kappa shape index (κ3) is 4.60. The van der Waals surface area contributed by atoms with Crippen LogP contribution in [0.15, 0.2) is 12.4 Å². The van der Waals surface area contributed by atoms with Crippen molar-refractivity contribution < 1.29 is 14.3 Å². The van der Waals surface area contributed by atoms with Crippen LogP contribution in [0, 0.1) is 0 Å². The van der Waals surface area contributed by atoms with Crippen molar-refractivity contribution in [1.29, 1.82) is 0 Å². The number of rotatable bonds is 5. The van der Waals surface area contributed by atoms with Crippen molar-refractivity contribution in [1.82, 2.24) is 19.8 Å². The van der Waals surface area contributed by atoms with Gasteiger partial charge in [0.2, 0.25) is 5.95 Å². The molecule has 1 amide bonds. The van der Waals surface area contributed by atoms with Crippen LogP contribution in [0.5, 0.6) is 0 Å². The van der Waals surface area contributed by atoms with Gasteiger partial charge in [0.1, 0.15) is 0 Å². The summed E-state index contributed by atoms with van der Waals surface area (Å²) in [6.07, 6.45) is 3.17. The predicted molar refractivity (Wildman–Crippen MR) is 84.5 cm³/mol. The first-order valence-electron chi connectivity index (χ1n) is 8.06. The topological polar surface area (TPSA) is 79.8 Å². The van der Waals surface area contributed by atoms with E-state index in [0.29, 0.717) is 37.8 Å². The number of carbonyl (C=O) groups is 1. The number of nitrogens with zero attached hydrogens (tertiary/aromatic N) is 4. The van der Waals surface area contributed by atoms with E-state index in [1.165, 1.54) is 0 Å². The van der Waals surface area contributed by atoms with Gasteiger partial charge in [-0.15, -0.1) is 0 Å². The van der Waals surface area contributed by atoms with E-state index in [1.54, 1.807) is 17.3 Å². The number of hydrogen-bond acceptors (Lipinski definition) is 7. The molecule has 2 fully saturated rings. The molecule has 23 heavy (non-hydrogen) atoms. The van der Waals surface area contributed by atoms with Gasteiger partial charge in [-0.25, -0.2) is 9.97 Å². The molecule has 0 saturated carbocycles. The third-order valence-corrected chi connectivity index (χ3v) is 4.01. The molecule has 0 unspecified atom stereocenters. The second-order valence-electron chi connectivity index (χ2n) is 5.58. The Balaban J connectivity index is 1.45. The number of carbonyl (C=O) groups excluding carboxylic acids is 1. The molecule has 0 radical (unpaired) electrons. The summed E-state index contributed by atoms with van der Waals surface area (Å²) in [5.41, 5.74) is 0.519. The molecular formula is C15H23N5O3. The number of morpholine rings is 2. The fourth-order valence-corrected chi connectivity index (χ4v) is 2.63. The van der Waals surface area contributed by atoms with E-state index in [2.05, 4.69) is 20.2 Å². The van der Waals surface area contributed by atoms with Gasteiger partial charge in [0.05, 0.1) is 32.0 Å². The Bertz CT molecular complexity index is 498. The minimum absolute atomic E-state index is 0.0341. The molecular weight excluding hydrogens is 298 g/mol. The molecule has 0 aromatic carbocycles. The highest BCUT2D eigenvalue weighted by Crippen LogP contribution is 2.07. The van der Waals surface area contributed by atoms with Crippen LogP contribution in [0.3, 0.4) is 0 Å². The van der Waals surface area contributed by atoms with E-state index in [0.717, 1.165) is 39.4 Å². The second-order valence-corrected chi connectivity index (χ2v) is 5.58. The zero-order valence-corrected chi connectivity index (χ0v) is 13.2. The van der Waals surface area contributed by atoms with E-state index in [9.17, 15) is 4.79 Å². The van der Waals surface area contributed by atoms with Crippen LogP contribution >= 0.6 is 0 Å². The Morgan fingerprint density at radius 1 is 1.04 bits per heavy atom. The molecule has 1 N–H and O–H groups in total. The van der Waals surface area contributed by atoms with Crippen molar-refractivity contribution >= 4 is 11.9 Å². The van der Waals surface area contributed by atoms with Crippen LogP contribution in [-0.4, -0.2) is 91.4 Å². The summed E-state index contributed by atoms with van der Waals surface area (Å²) in [5, 5.41) is 3.19. The van der Waals surface area contributed by atoms with Gasteiger partial charge in [-0.3, -0.25) is 9.69 Å². The van der Waals surface area contributed by atoms with Gasteiger partial charge in [0, 0.05) is 51.7 Å². The molecule has 1 aromatic heterocycles. The van der Waals surface area contributed by atoms with Crippen molar-refractivity contribution in [3.8, 4) is 0 Å². The number of anilines is 1. The molecule has 2 aliphatic heterocycles. The Morgan fingerprint density at radius 2 is 1.65 bits per heavy atom. The maximum absolute atomic E-state index is 12.3. The highest BCUT2D eigenvalue weighted by molar-refractivity contribution is 5.93. The summed E-state index contributed by atoms with van der Waals surface area (Å²) in [6, 6.07) is 0. The molecule has 0 spiro atoms. The van der Waals surface area contributed by atoms with Crippen molar-refractivity contribution in [2.75, 3.05) is 71.0 Å². The average Bonchev–Trinajstić information content (AvgIpc) is 2.63. The van der Waals surface area contributed by atoms with Gasteiger partial charge in [-0.05, 0) is 0 Å². The van der Waals surface area contributed by atoms with Crippen LogP contribution in [0.4, 0.5) is 5.95 Å². The first kappa shape index (κ1) is 16.1. The molecule has 8 nitrogen and oxygen atoms in total. The fourth-order valence-electron chi connectivity index (χ4n) is 2.63. The summed E-state index contributed by atoms with van der Waals surface area (Å²) >= 11 is 0. The molecule has 0 bridgehead atoms. The summed E-state index contributed by atoms with van der Waals surface area (Å²) in [6.45, 7) is 7.67. The van der Waals surface area contributed by atoms with E-state index in [-0.39, 0.29) is 5.91 Å². The van der Waals surface area contributed by atoms with E-state index in [4.69, 9.17) is 9.47 Å². The first-order valence-corrected chi connectivity index (χ1v) is 8.06. The zero-order valence-electron chi connectivity index (χ0n) is 13.2. The lowest BCUT2D eigenvalue weighted by Gasteiger charge is -2.27. The lowest BCUT2D eigenvalue weighted by molar-refractivity contribution is 0.0302. The Labute approximate surface area is 135 Å². The second kappa shape index (κ2) is 8.19. The molecule has 2 aliphatic rings. The van der Waals surface area contributed by atoms with E-state index >= 15 is 0 Å². The summed E-state index contributed by atoms with van der Waals surface area (Å²) < 4.78 is 10.6. The third-order valence-electron chi connectivity index (χ3n) is 4.01. The van der Waals surface area contributed by atoms with Crippen molar-refractivity contribution in [2.45, 2.75) is 0 Å². The lowest BCUT2D eigenvalue weighted by Crippen LogP contribution is -2.40. The normalized spacial score (nSPS) is 19.6. The molecule has 3 rings (SSSR count). The van der Waals surface area contributed by atoms with Crippen LogP contribution in [0.1, 0.15) is 10.4 Å². The van der Waals surface area contributed by atoms with Crippen molar-refractivity contribution in [3.05, 3.63) is 18.0 Å². The largest absolute Gasteiger partial charge is 0.379 e. The van der Waals surface area contributed by atoms with Crippen LogP contribution < -0.4 is 5.32 Å². The Hall–Kier alpha value is -1.77. The average molecular weight is 321 g/mol. The van der Waals surface area contributed by atoms with Gasteiger partial charge >= 0.3 is 0 Å². The molecule has 2 saturated heterocycles. The van der Waals surface area contributed by atoms with Crippen LogP contribution in [0.2, 0.25) is 0 Å². The predicted octanol–water partition coefficient (Wildman–Crippen LogP) is -0.307. The van der Waals surface area contributed by atoms with Crippen LogP contribution in [0.25, 0.3) is 0 Å². The summed E-state index contributed by atoms with van der Waals surface area (Å²) in [7, 11) is 0. The Morgan fingerprint density at radius 3 is 2.30 bits per heavy atom. The smallest absolute Gasteiger partial charge is 0.257 e. The SMILES string of the molecule is O=C(c1cnc(NCCN2CCOCC2)nc1)N1CCOCC1. The molecule has 0 aliphatic carbocycles. The molecule has 0 atom stereocenters. The van der Waals surface area contributed by atoms with Gasteiger partial charge in [0.25, 0.3) is 5.91 Å². The van der Waals surface area contributed by atoms with Gasteiger partial charge in [0.15, 0.2) is 0 Å². The Kier molecular flexibility index (Phi) is 5.73. The maximum Gasteiger partial charge on any atom is 0.257 e. The summed E-state index contributed by atoms with van der Waals surface area (Å²) in [4.78, 5) is 24.9. The number of hydrogen-bond donors (Lipinski definition) is 1. The zero-order chi connectivity index (χ0) is 15.9. The lowest BCUT2D eigenvalue weighted by atomic mass is 10.3. The minimum atomic E-state index is -0.0341. The van der Waals surface area contributed by atoms with Crippen molar-refractivity contribution in [2.24, 2.45) is 0 Å². The first-order chi connectivity index (χ1) is 11.3. The molecule has 8 heteroatoms. The number of amides is 1. The standard InChI is InChI=1S/C15H23N5O3/c21-14(20-5-9-23-10-6-20)13-11-17-15(18-12-13)16-1-2-19-3-7-22-8-4-19/h11-12H,1-10H2,(H,16,17,18). The fraction of sp³-hybridized carbons (Fsp3) is 0.667. The molecule has 3 heterocycles. The molecule has 126 valence electrons. The monoisotopic (exact) mass is 321 g/mol. The quantitative estimate of drug-likeness (QED) is 0.797. The van der Waals surface area contributed by atoms with Gasteiger partial charge in [-0.2, -0.15) is 0 Å². The highest BCUT2D eigenvalue weighted by atomic mass is 16.5. The maximum atomic E-state index is 12.3. The van der Waals surface area contributed by atoms with E-state index < -0.39 is 0 Å². The van der Waals surface area contributed by atoms with Gasteiger partial charge in [-0.1, -0.05) is 0 Å². The van der Waals surface area contributed by atoms with Crippen molar-refractivity contribution in [3.63, 3.8) is 0 Å². The number of aromatic nitrogens is 2. The number of nitrogens with one attached hydrogen (secondary N) is 1.